The Kier molecular flexibility index (Phi) is 16.0. The van der Waals surface area contributed by atoms with Crippen LogP contribution in [0.3, 0.4) is 0 Å². The van der Waals surface area contributed by atoms with E-state index in [2.05, 4.69) is 6.58 Å². The molecular formula is C52H58O11. The van der Waals surface area contributed by atoms with Gasteiger partial charge in [-0.25, -0.2) is 0 Å². The predicted octanol–water partition coefficient (Wildman–Crippen LogP) is 8.69. The van der Waals surface area contributed by atoms with Gasteiger partial charge in [-0.2, -0.15) is 0 Å². The highest BCUT2D eigenvalue weighted by molar-refractivity contribution is 5.17. The molecule has 0 saturated carbocycles. The van der Waals surface area contributed by atoms with Crippen molar-refractivity contribution in [3.63, 3.8) is 0 Å². The number of hydrogen-bond acceptors (Lipinski definition) is 11. The lowest BCUT2D eigenvalue weighted by atomic mass is 9.96. The van der Waals surface area contributed by atoms with E-state index in [-0.39, 0.29) is 26.4 Å². The summed E-state index contributed by atoms with van der Waals surface area (Å²) in [5.41, 5.74) is 5.00. The fraction of sp³-hybridized carbons (Fsp3) is 0.385. The molecule has 0 amide bonds. The first-order valence-corrected chi connectivity index (χ1v) is 21.8. The van der Waals surface area contributed by atoms with Crippen LogP contribution in [0.1, 0.15) is 41.7 Å². The molecule has 0 aliphatic carbocycles. The SMILES string of the molecule is C=CCOC1(C)O[C@H]2O[C@@H](C)[C@H](OCc3ccccc3)[C@@H](O[C@H]3O[C@H](COCc4ccccc4)[C@@H](OCc4ccccc4)[C@H](OCc4ccccc4)[C@H]3OCc3ccccc3)[C@H]2O1. The van der Waals surface area contributed by atoms with Crippen LogP contribution >= 0.6 is 0 Å². The first-order chi connectivity index (χ1) is 30.9. The van der Waals surface area contributed by atoms with Crippen molar-refractivity contribution >= 4 is 0 Å². The number of benzene rings is 5. The Labute approximate surface area is 370 Å². The molecule has 63 heavy (non-hydrogen) atoms. The average Bonchev–Trinajstić information content (AvgIpc) is 3.66. The van der Waals surface area contributed by atoms with Crippen molar-refractivity contribution in [1.82, 2.24) is 0 Å². The first-order valence-electron chi connectivity index (χ1n) is 21.8. The minimum absolute atomic E-state index is 0.169. The average molecular weight is 859 g/mol. The summed E-state index contributed by atoms with van der Waals surface area (Å²) < 4.78 is 73.7. The largest absolute Gasteiger partial charge is 0.374 e. The van der Waals surface area contributed by atoms with Crippen LogP contribution in [0.15, 0.2) is 164 Å². The van der Waals surface area contributed by atoms with E-state index >= 15 is 0 Å². The highest BCUT2D eigenvalue weighted by Crippen LogP contribution is 2.42. The topological polar surface area (TPSA) is 102 Å². The Morgan fingerprint density at radius 2 is 0.968 bits per heavy atom. The molecule has 5 aromatic carbocycles. The zero-order valence-corrected chi connectivity index (χ0v) is 35.9. The van der Waals surface area contributed by atoms with Crippen molar-refractivity contribution in [1.29, 1.82) is 0 Å². The zero-order chi connectivity index (χ0) is 43.3. The van der Waals surface area contributed by atoms with E-state index in [0.29, 0.717) is 19.8 Å². The van der Waals surface area contributed by atoms with Crippen LogP contribution in [0.4, 0.5) is 0 Å². The van der Waals surface area contributed by atoms with E-state index in [4.69, 9.17) is 52.1 Å². The predicted molar refractivity (Wildman–Crippen MR) is 235 cm³/mol. The maximum absolute atomic E-state index is 7.28. The molecular weight excluding hydrogens is 801 g/mol. The fourth-order valence-electron chi connectivity index (χ4n) is 8.12. The van der Waals surface area contributed by atoms with Crippen LogP contribution in [-0.4, -0.2) is 80.6 Å². The molecule has 3 aliphatic heterocycles. The number of fused-ring (bicyclic) bond motifs is 1. The molecule has 3 aliphatic rings. The lowest BCUT2D eigenvalue weighted by Crippen LogP contribution is -2.65. The van der Waals surface area contributed by atoms with Gasteiger partial charge in [0.1, 0.15) is 42.7 Å². The third-order valence-corrected chi connectivity index (χ3v) is 11.3. The number of rotatable bonds is 21. The molecule has 11 atom stereocenters. The Morgan fingerprint density at radius 3 is 1.46 bits per heavy atom. The molecule has 5 aromatic rings. The molecule has 0 aromatic heterocycles. The van der Waals surface area contributed by atoms with E-state index < -0.39 is 67.4 Å². The Balaban J connectivity index is 1.16. The van der Waals surface area contributed by atoms with E-state index in [1.807, 2.05) is 159 Å². The van der Waals surface area contributed by atoms with Gasteiger partial charge < -0.3 is 47.4 Å². The summed E-state index contributed by atoms with van der Waals surface area (Å²) in [6, 6.07) is 50.1. The summed E-state index contributed by atoms with van der Waals surface area (Å²) in [4.78, 5) is 0. The molecule has 11 nitrogen and oxygen atoms in total. The van der Waals surface area contributed by atoms with E-state index in [9.17, 15) is 0 Å². The van der Waals surface area contributed by atoms with E-state index in [1.165, 1.54) is 0 Å². The summed E-state index contributed by atoms with van der Waals surface area (Å²) in [5.74, 6) is -1.44. The minimum atomic E-state index is -1.44. The van der Waals surface area contributed by atoms with E-state index in [1.54, 1.807) is 13.0 Å². The maximum Gasteiger partial charge on any atom is 0.283 e. The van der Waals surface area contributed by atoms with Crippen molar-refractivity contribution in [2.75, 3.05) is 13.2 Å². The second-order valence-electron chi connectivity index (χ2n) is 16.1. The lowest BCUT2D eigenvalue weighted by Gasteiger charge is -2.48. The van der Waals surface area contributed by atoms with Crippen molar-refractivity contribution in [3.8, 4) is 0 Å². The maximum atomic E-state index is 7.28. The molecule has 0 bridgehead atoms. The first kappa shape index (κ1) is 45.0. The van der Waals surface area contributed by atoms with Crippen LogP contribution in [0, 0.1) is 0 Å². The van der Waals surface area contributed by atoms with Gasteiger partial charge in [-0.05, 0) is 34.7 Å². The monoisotopic (exact) mass is 858 g/mol. The standard InChI is InChI=1S/C52H58O11/c1-4-30-58-52(3)62-49-47(44(37(2)59-51(49)63-52)54-32-39-22-12-6-13-23-39)61-50-48(57-35-42-28-18-9-19-29-42)46(56-34-41-26-16-8-17-27-41)45(55-33-40-24-14-7-15-25-40)43(60-50)36-53-31-38-20-10-5-11-21-38/h4-29,37,43-51H,1,30-36H2,2-3H3/t37-,43+,44-,45+,46-,47+,48+,49+,50+,51+,52?/m0/s1. The summed E-state index contributed by atoms with van der Waals surface area (Å²) in [6.45, 7) is 9.33. The second-order valence-corrected chi connectivity index (χ2v) is 16.1. The molecule has 332 valence electrons. The van der Waals surface area contributed by atoms with Gasteiger partial charge in [0, 0.05) is 6.92 Å². The molecule has 1 unspecified atom stereocenters. The third kappa shape index (κ3) is 12.2. The highest BCUT2D eigenvalue weighted by atomic mass is 16.9. The third-order valence-electron chi connectivity index (χ3n) is 11.3. The van der Waals surface area contributed by atoms with Crippen molar-refractivity contribution in [2.45, 2.75) is 114 Å². The minimum Gasteiger partial charge on any atom is -0.374 e. The lowest BCUT2D eigenvalue weighted by molar-refractivity contribution is -0.361. The zero-order valence-electron chi connectivity index (χ0n) is 35.9. The van der Waals surface area contributed by atoms with Gasteiger partial charge in [-0.1, -0.05) is 158 Å². The van der Waals surface area contributed by atoms with Gasteiger partial charge in [0.05, 0.1) is 52.4 Å². The van der Waals surface area contributed by atoms with Crippen LogP contribution in [0.2, 0.25) is 0 Å². The van der Waals surface area contributed by atoms with E-state index in [0.717, 1.165) is 27.8 Å². The van der Waals surface area contributed by atoms with Gasteiger partial charge in [0.15, 0.2) is 12.6 Å². The Bertz CT molecular complexity index is 2080. The summed E-state index contributed by atoms with van der Waals surface area (Å²) in [7, 11) is 0. The second kappa shape index (κ2) is 22.3. The van der Waals surface area contributed by atoms with Crippen LogP contribution in [0.25, 0.3) is 0 Å². The molecule has 0 N–H and O–H groups in total. The van der Waals surface area contributed by atoms with Crippen LogP contribution < -0.4 is 0 Å². The summed E-state index contributed by atoms with van der Waals surface area (Å²) >= 11 is 0. The number of hydrogen-bond donors (Lipinski definition) is 0. The van der Waals surface area contributed by atoms with Gasteiger partial charge in [0.25, 0.3) is 5.97 Å². The summed E-state index contributed by atoms with van der Waals surface area (Å²) in [6.07, 6.45) is -5.83. The smallest absolute Gasteiger partial charge is 0.283 e. The molecule has 8 rings (SSSR count). The Hall–Kier alpha value is -4.60. The van der Waals surface area contributed by atoms with Gasteiger partial charge in [-0.15, -0.1) is 6.58 Å². The van der Waals surface area contributed by atoms with Crippen molar-refractivity contribution in [2.24, 2.45) is 0 Å². The van der Waals surface area contributed by atoms with Crippen molar-refractivity contribution < 1.29 is 52.1 Å². The van der Waals surface area contributed by atoms with Crippen LogP contribution in [-0.2, 0) is 85.1 Å². The van der Waals surface area contributed by atoms with Crippen molar-refractivity contribution in [3.05, 3.63) is 192 Å². The quantitative estimate of drug-likeness (QED) is 0.0663. The van der Waals surface area contributed by atoms with Crippen LogP contribution in [0.5, 0.6) is 0 Å². The molecule has 3 fully saturated rings. The molecule has 3 saturated heterocycles. The van der Waals surface area contributed by atoms with Gasteiger partial charge >= 0.3 is 0 Å². The number of ether oxygens (including phenoxy) is 11. The fourth-order valence-corrected chi connectivity index (χ4v) is 8.12. The molecule has 3 heterocycles. The van der Waals surface area contributed by atoms with Gasteiger partial charge in [-0.3, -0.25) is 4.74 Å². The highest BCUT2D eigenvalue weighted by Gasteiger charge is 2.59. The molecule has 11 heteroatoms. The van der Waals surface area contributed by atoms with Gasteiger partial charge in [0.2, 0.25) is 0 Å². The molecule has 0 spiro atoms. The summed E-state index contributed by atoms with van der Waals surface area (Å²) in [5, 5.41) is 0. The Morgan fingerprint density at radius 1 is 0.524 bits per heavy atom. The molecule has 0 radical (unpaired) electrons. The normalized spacial score (nSPS) is 29.2.